The van der Waals surface area contributed by atoms with Gasteiger partial charge in [0.2, 0.25) is 5.91 Å². The maximum Gasteiger partial charge on any atom is 0.305 e. The Labute approximate surface area is 129 Å². The summed E-state index contributed by atoms with van der Waals surface area (Å²) >= 11 is 0. The van der Waals surface area contributed by atoms with Crippen LogP contribution in [0.4, 0.5) is 0 Å². The summed E-state index contributed by atoms with van der Waals surface area (Å²) in [6.07, 6.45) is 0.431. The minimum absolute atomic E-state index is 0.109. The van der Waals surface area contributed by atoms with Crippen LogP contribution in [-0.4, -0.2) is 22.5 Å². The molecule has 2 N–H and O–H groups in total. The van der Waals surface area contributed by atoms with Gasteiger partial charge < -0.3 is 14.8 Å². The van der Waals surface area contributed by atoms with Crippen LogP contribution in [0.2, 0.25) is 0 Å². The van der Waals surface area contributed by atoms with Crippen LogP contribution in [0.25, 0.3) is 11.0 Å². The molecule has 2 atom stereocenters. The Hall–Kier alpha value is -2.30. The second kappa shape index (κ2) is 6.22. The van der Waals surface area contributed by atoms with Crippen molar-refractivity contribution in [3.8, 4) is 0 Å². The number of hydrogen-bond donors (Lipinski definition) is 2. The van der Waals surface area contributed by atoms with E-state index in [0.29, 0.717) is 12.2 Å². The third-order valence-corrected chi connectivity index (χ3v) is 4.01. The molecule has 22 heavy (non-hydrogen) atoms. The van der Waals surface area contributed by atoms with Gasteiger partial charge in [-0.3, -0.25) is 9.59 Å². The lowest BCUT2D eigenvalue weighted by atomic mass is 9.93. The van der Waals surface area contributed by atoms with Gasteiger partial charge >= 0.3 is 5.97 Å². The van der Waals surface area contributed by atoms with E-state index in [4.69, 9.17) is 9.52 Å². The number of para-hydroxylation sites is 1. The van der Waals surface area contributed by atoms with E-state index in [2.05, 4.69) is 5.32 Å². The molecule has 0 fully saturated rings. The van der Waals surface area contributed by atoms with Crippen molar-refractivity contribution in [3.05, 3.63) is 36.1 Å². The molecular weight excluding hydrogens is 282 g/mol. The molecule has 2 rings (SSSR count). The Morgan fingerprint density at radius 2 is 2.05 bits per heavy atom. The Kier molecular flexibility index (Phi) is 4.54. The number of furan rings is 1. The Morgan fingerprint density at radius 3 is 2.64 bits per heavy atom. The molecule has 1 aromatic carbocycles. The molecule has 5 heteroatoms. The van der Waals surface area contributed by atoms with E-state index in [9.17, 15) is 9.59 Å². The average Bonchev–Trinajstić information content (AvgIpc) is 2.89. The average molecular weight is 303 g/mol. The largest absolute Gasteiger partial charge is 0.481 e. The lowest BCUT2D eigenvalue weighted by Gasteiger charge is -2.29. The molecule has 1 amide bonds. The van der Waals surface area contributed by atoms with E-state index in [1.54, 1.807) is 13.8 Å². The van der Waals surface area contributed by atoms with E-state index in [0.717, 1.165) is 11.0 Å². The normalized spacial score (nSPS) is 15.2. The van der Waals surface area contributed by atoms with Crippen LogP contribution in [0.3, 0.4) is 0 Å². The fourth-order valence-corrected chi connectivity index (χ4v) is 2.34. The van der Waals surface area contributed by atoms with Gasteiger partial charge in [0, 0.05) is 10.9 Å². The number of rotatable bonds is 6. The van der Waals surface area contributed by atoms with Gasteiger partial charge in [-0.2, -0.15) is 0 Å². The highest BCUT2D eigenvalue weighted by atomic mass is 16.4. The van der Waals surface area contributed by atoms with Gasteiger partial charge in [-0.25, -0.2) is 0 Å². The van der Waals surface area contributed by atoms with Gasteiger partial charge in [0.1, 0.15) is 11.3 Å². The quantitative estimate of drug-likeness (QED) is 0.858. The number of carbonyl (C=O) groups is 2. The van der Waals surface area contributed by atoms with E-state index in [1.807, 2.05) is 37.3 Å². The summed E-state index contributed by atoms with van der Waals surface area (Å²) in [6.45, 7) is 5.35. The molecule has 0 aliphatic carbocycles. The van der Waals surface area contributed by atoms with Crippen LogP contribution in [0.5, 0.6) is 0 Å². The molecule has 1 aromatic heterocycles. The zero-order valence-electron chi connectivity index (χ0n) is 13.1. The Morgan fingerprint density at radius 1 is 1.36 bits per heavy atom. The minimum atomic E-state index is -0.930. The summed E-state index contributed by atoms with van der Waals surface area (Å²) in [4.78, 5) is 23.4. The molecule has 0 spiro atoms. The molecule has 0 bridgehead atoms. The van der Waals surface area contributed by atoms with Crippen molar-refractivity contribution < 1.29 is 19.1 Å². The highest BCUT2D eigenvalue weighted by Crippen LogP contribution is 2.26. The van der Waals surface area contributed by atoms with Crippen LogP contribution in [-0.2, 0) is 9.59 Å². The number of amides is 1. The third-order valence-electron chi connectivity index (χ3n) is 4.01. The highest BCUT2D eigenvalue weighted by Gasteiger charge is 2.30. The molecule has 2 unspecified atom stereocenters. The minimum Gasteiger partial charge on any atom is -0.481 e. The van der Waals surface area contributed by atoms with Gasteiger partial charge in [-0.15, -0.1) is 0 Å². The molecular formula is C17H21NO4. The van der Waals surface area contributed by atoms with Gasteiger partial charge in [-0.1, -0.05) is 25.1 Å². The number of fused-ring (bicyclic) bond motifs is 1. The van der Waals surface area contributed by atoms with Crippen molar-refractivity contribution >= 4 is 22.8 Å². The summed E-state index contributed by atoms with van der Waals surface area (Å²) in [5.74, 6) is -1.06. The van der Waals surface area contributed by atoms with Crippen LogP contribution < -0.4 is 5.32 Å². The molecule has 0 aliphatic rings. The SMILES string of the molecule is CCC(C)(CC(=O)O)NC(=O)C(C)c1cc2ccccc2o1. The fourth-order valence-electron chi connectivity index (χ4n) is 2.34. The highest BCUT2D eigenvalue weighted by molar-refractivity contribution is 5.86. The molecule has 0 saturated heterocycles. The number of benzene rings is 1. The van der Waals surface area contributed by atoms with Crippen LogP contribution in [0, 0.1) is 0 Å². The van der Waals surface area contributed by atoms with Gasteiger partial charge in [-0.05, 0) is 32.4 Å². The first-order chi connectivity index (χ1) is 10.3. The van der Waals surface area contributed by atoms with Crippen molar-refractivity contribution in [3.63, 3.8) is 0 Å². The number of hydrogen-bond acceptors (Lipinski definition) is 3. The smallest absolute Gasteiger partial charge is 0.305 e. The summed E-state index contributed by atoms with van der Waals surface area (Å²) < 4.78 is 5.70. The first kappa shape index (κ1) is 16.1. The first-order valence-corrected chi connectivity index (χ1v) is 7.37. The van der Waals surface area contributed by atoms with Crippen molar-refractivity contribution in [2.24, 2.45) is 0 Å². The van der Waals surface area contributed by atoms with E-state index < -0.39 is 17.4 Å². The molecule has 118 valence electrons. The maximum absolute atomic E-state index is 12.4. The zero-order valence-corrected chi connectivity index (χ0v) is 13.1. The summed E-state index contributed by atoms with van der Waals surface area (Å²) in [7, 11) is 0. The van der Waals surface area contributed by atoms with Gasteiger partial charge in [0.15, 0.2) is 0 Å². The first-order valence-electron chi connectivity index (χ1n) is 7.37. The summed E-state index contributed by atoms with van der Waals surface area (Å²) in [6, 6.07) is 9.41. The predicted octanol–water partition coefficient (Wildman–Crippen LogP) is 3.30. The molecule has 0 aliphatic heterocycles. The van der Waals surface area contributed by atoms with Crippen molar-refractivity contribution in [1.82, 2.24) is 5.32 Å². The molecule has 0 saturated carbocycles. The number of carboxylic acids is 1. The zero-order chi connectivity index (χ0) is 16.3. The number of carbonyl (C=O) groups excluding carboxylic acids is 1. The Bertz CT molecular complexity index is 658. The lowest BCUT2D eigenvalue weighted by Crippen LogP contribution is -2.48. The van der Waals surface area contributed by atoms with Crippen molar-refractivity contribution in [2.75, 3.05) is 0 Å². The second-order valence-corrected chi connectivity index (χ2v) is 5.88. The second-order valence-electron chi connectivity index (χ2n) is 5.88. The summed E-state index contributed by atoms with van der Waals surface area (Å²) in [5, 5.41) is 12.8. The summed E-state index contributed by atoms with van der Waals surface area (Å²) in [5.41, 5.74) is -0.0237. The van der Waals surface area contributed by atoms with E-state index in [1.165, 1.54) is 0 Å². The van der Waals surface area contributed by atoms with Crippen molar-refractivity contribution in [1.29, 1.82) is 0 Å². The van der Waals surface area contributed by atoms with Crippen LogP contribution in [0.1, 0.15) is 45.3 Å². The van der Waals surface area contributed by atoms with E-state index in [-0.39, 0.29) is 12.3 Å². The van der Waals surface area contributed by atoms with Gasteiger partial charge in [0.25, 0.3) is 0 Å². The topological polar surface area (TPSA) is 79.5 Å². The monoisotopic (exact) mass is 303 g/mol. The number of carboxylic acid groups (broad SMARTS) is 1. The molecule has 5 nitrogen and oxygen atoms in total. The third kappa shape index (κ3) is 3.47. The van der Waals surface area contributed by atoms with E-state index >= 15 is 0 Å². The van der Waals surface area contributed by atoms with Crippen LogP contribution >= 0.6 is 0 Å². The predicted molar refractivity (Wildman–Crippen MR) is 83.7 cm³/mol. The van der Waals surface area contributed by atoms with Crippen LogP contribution in [0.15, 0.2) is 34.7 Å². The maximum atomic E-state index is 12.4. The number of aliphatic carboxylic acids is 1. The molecule has 0 radical (unpaired) electrons. The Balaban J connectivity index is 2.15. The lowest BCUT2D eigenvalue weighted by molar-refractivity contribution is -0.139. The van der Waals surface area contributed by atoms with Gasteiger partial charge in [0.05, 0.1) is 12.3 Å². The number of nitrogens with one attached hydrogen (secondary N) is 1. The molecule has 1 heterocycles. The fraction of sp³-hybridized carbons (Fsp3) is 0.412. The standard InChI is InChI=1S/C17H21NO4/c1-4-17(3,10-15(19)20)18-16(21)11(2)14-9-12-7-5-6-8-13(12)22-14/h5-9,11H,4,10H2,1-3H3,(H,18,21)(H,19,20). The molecule has 2 aromatic rings. The van der Waals surface area contributed by atoms with Crippen molar-refractivity contribution in [2.45, 2.75) is 45.1 Å².